The molecule has 1 atom stereocenters. The molecule has 0 fully saturated rings. The molecular formula is C20H23NOS. The average Bonchev–Trinajstić information content (AvgIpc) is 3.01. The van der Waals surface area contributed by atoms with Crippen LogP contribution < -0.4 is 5.32 Å². The number of aliphatic hydroxyl groups is 1. The van der Waals surface area contributed by atoms with Gasteiger partial charge in [0, 0.05) is 22.3 Å². The summed E-state index contributed by atoms with van der Waals surface area (Å²) >= 11 is 1.67. The number of hydrogen-bond donors (Lipinski definition) is 2. The highest BCUT2D eigenvalue weighted by atomic mass is 32.1. The molecule has 2 N–H and O–H groups in total. The molecular weight excluding hydrogens is 302 g/mol. The Morgan fingerprint density at radius 1 is 1.04 bits per heavy atom. The van der Waals surface area contributed by atoms with Crippen molar-refractivity contribution in [1.29, 1.82) is 0 Å². The summed E-state index contributed by atoms with van der Waals surface area (Å²) in [4.78, 5) is 2.25. The van der Waals surface area contributed by atoms with Crippen molar-refractivity contribution in [2.45, 2.75) is 39.0 Å². The Morgan fingerprint density at radius 2 is 1.78 bits per heavy atom. The lowest BCUT2D eigenvalue weighted by Gasteiger charge is -2.16. The van der Waals surface area contributed by atoms with Crippen LogP contribution in [0.2, 0.25) is 0 Å². The minimum atomic E-state index is -0.760. The second-order valence-corrected chi connectivity index (χ2v) is 7.66. The van der Waals surface area contributed by atoms with Crippen LogP contribution in [0, 0.1) is 0 Å². The van der Waals surface area contributed by atoms with Crippen LogP contribution in [0.3, 0.4) is 0 Å². The van der Waals surface area contributed by atoms with Crippen LogP contribution in [0.5, 0.6) is 0 Å². The standard InChI is InChI=1S/C20H23NOS/c1-14(17-10-6-8-15-7-4-5-9-18(15)17)21-13-16-11-12-19(23-16)20(2,3)22/h4-12,14,21-22H,13H2,1-3H3/t14-/m1/s1. The van der Waals surface area contributed by atoms with Gasteiger partial charge in [-0.1, -0.05) is 42.5 Å². The highest BCUT2D eigenvalue weighted by Gasteiger charge is 2.18. The van der Waals surface area contributed by atoms with E-state index in [-0.39, 0.29) is 6.04 Å². The fraction of sp³-hybridized carbons (Fsp3) is 0.300. The molecule has 0 radical (unpaired) electrons. The number of benzene rings is 2. The van der Waals surface area contributed by atoms with Crippen LogP contribution in [0.25, 0.3) is 10.8 Å². The van der Waals surface area contributed by atoms with E-state index in [9.17, 15) is 5.11 Å². The van der Waals surface area contributed by atoms with E-state index in [1.165, 1.54) is 21.2 Å². The zero-order chi connectivity index (χ0) is 16.4. The van der Waals surface area contributed by atoms with Crippen molar-refractivity contribution in [3.05, 3.63) is 69.9 Å². The Balaban J connectivity index is 1.74. The van der Waals surface area contributed by atoms with Crippen LogP contribution >= 0.6 is 11.3 Å². The Morgan fingerprint density at radius 3 is 2.52 bits per heavy atom. The van der Waals surface area contributed by atoms with Crippen LogP contribution in [0.1, 0.15) is 42.1 Å². The predicted octanol–water partition coefficient (Wildman–Crippen LogP) is 4.98. The molecule has 1 aromatic heterocycles. The van der Waals surface area contributed by atoms with Gasteiger partial charge in [0.05, 0.1) is 5.60 Å². The molecule has 2 nitrogen and oxygen atoms in total. The van der Waals surface area contributed by atoms with Gasteiger partial charge in [-0.05, 0) is 49.2 Å². The van der Waals surface area contributed by atoms with Crippen LogP contribution in [-0.2, 0) is 12.1 Å². The Bertz CT molecular complexity index is 795. The second-order valence-electron chi connectivity index (χ2n) is 6.50. The van der Waals surface area contributed by atoms with E-state index in [1.54, 1.807) is 11.3 Å². The van der Waals surface area contributed by atoms with Crippen molar-refractivity contribution in [3.63, 3.8) is 0 Å². The molecule has 0 spiro atoms. The zero-order valence-corrected chi connectivity index (χ0v) is 14.7. The molecule has 0 amide bonds. The van der Waals surface area contributed by atoms with Gasteiger partial charge in [-0.25, -0.2) is 0 Å². The number of thiophene rings is 1. The SMILES string of the molecule is C[C@@H](NCc1ccc(C(C)(C)O)s1)c1cccc2ccccc12. The number of rotatable bonds is 5. The zero-order valence-electron chi connectivity index (χ0n) is 13.8. The van der Waals surface area contributed by atoms with E-state index < -0.39 is 5.60 Å². The first-order chi connectivity index (χ1) is 10.9. The lowest BCUT2D eigenvalue weighted by molar-refractivity contribution is 0.0825. The summed E-state index contributed by atoms with van der Waals surface area (Å²) in [6.07, 6.45) is 0. The number of hydrogen-bond acceptors (Lipinski definition) is 3. The lowest BCUT2D eigenvalue weighted by atomic mass is 10.00. The fourth-order valence-electron chi connectivity index (χ4n) is 2.79. The topological polar surface area (TPSA) is 32.3 Å². The minimum absolute atomic E-state index is 0.272. The summed E-state index contributed by atoms with van der Waals surface area (Å²) in [6.45, 7) is 6.67. The molecule has 0 unspecified atom stereocenters. The first kappa shape index (κ1) is 16.2. The maximum atomic E-state index is 10.1. The fourth-order valence-corrected chi connectivity index (χ4v) is 3.75. The van der Waals surface area contributed by atoms with Gasteiger partial charge in [-0.3, -0.25) is 0 Å². The molecule has 120 valence electrons. The quantitative estimate of drug-likeness (QED) is 0.693. The largest absolute Gasteiger partial charge is 0.385 e. The third kappa shape index (κ3) is 3.63. The van der Waals surface area contributed by atoms with Gasteiger partial charge in [0.15, 0.2) is 0 Å². The minimum Gasteiger partial charge on any atom is -0.385 e. The molecule has 0 aliphatic carbocycles. The average molecular weight is 325 g/mol. The maximum absolute atomic E-state index is 10.1. The summed E-state index contributed by atoms with van der Waals surface area (Å²) in [5.41, 5.74) is 0.562. The van der Waals surface area contributed by atoms with Crippen molar-refractivity contribution < 1.29 is 5.11 Å². The molecule has 0 aliphatic rings. The van der Waals surface area contributed by atoms with E-state index in [0.717, 1.165) is 11.4 Å². The Labute approximate surface area is 141 Å². The smallest absolute Gasteiger partial charge is 0.0932 e. The predicted molar refractivity (Wildman–Crippen MR) is 98.8 cm³/mol. The van der Waals surface area contributed by atoms with Crippen molar-refractivity contribution in [3.8, 4) is 0 Å². The summed E-state index contributed by atoms with van der Waals surface area (Å²) in [7, 11) is 0. The maximum Gasteiger partial charge on any atom is 0.0932 e. The van der Waals surface area contributed by atoms with E-state index in [2.05, 4.69) is 60.8 Å². The van der Waals surface area contributed by atoms with Gasteiger partial charge in [0.2, 0.25) is 0 Å². The molecule has 0 saturated heterocycles. The van der Waals surface area contributed by atoms with E-state index >= 15 is 0 Å². The van der Waals surface area contributed by atoms with Gasteiger partial charge in [-0.2, -0.15) is 0 Å². The molecule has 1 heterocycles. The second kappa shape index (κ2) is 6.44. The van der Waals surface area contributed by atoms with Gasteiger partial charge in [0.1, 0.15) is 0 Å². The van der Waals surface area contributed by atoms with Crippen LogP contribution in [0.4, 0.5) is 0 Å². The first-order valence-electron chi connectivity index (χ1n) is 7.98. The van der Waals surface area contributed by atoms with Crippen LogP contribution in [-0.4, -0.2) is 5.11 Å². The Kier molecular flexibility index (Phi) is 4.53. The third-order valence-electron chi connectivity index (χ3n) is 4.14. The van der Waals surface area contributed by atoms with Gasteiger partial charge < -0.3 is 10.4 Å². The summed E-state index contributed by atoms with van der Waals surface area (Å²) < 4.78 is 0. The van der Waals surface area contributed by atoms with E-state index in [4.69, 9.17) is 0 Å². The van der Waals surface area contributed by atoms with Crippen molar-refractivity contribution >= 4 is 22.1 Å². The van der Waals surface area contributed by atoms with Gasteiger partial charge in [0.25, 0.3) is 0 Å². The van der Waals surface area contributed by atoms with Crippen molar-refractivity contribution in [1.82, 2.24) is 5.32 Å². The summed E-state index contributed by atoms with van der Waals surface area (Å²) in [5.74, 6) is 0. The molecule has 3 aromatic rings. The molecule has 0 saturated carbocycles. The van der Waals surface area contributed by atoms with Gasteiger partial charge in [-0.15, -0.1) is 11.3 Å². The molecule has 3 heteroatoms. The normalized spacial score (nSPS) is 13.4. The molecule has 0 bridgehead atoms. The first-order valence-corrected chi connectivity index (χ1v) is 8.79. The molecule has 2 aromatic carbocycles. The third-order valence-corrected chi connectivity index (χ3v) is 5.54. The van der Waals surface area contributed by atoms with Crippen molar-refractivity contribution in [2.24, 2.45) is 0 Å². The number of nitrogens with one attached hydrogen (secondary N) is 1. The van der Waals surface area contributed by atoms with Crippen molar-refractivity contribution in [2.75, 3.05) is 0 Å². The highest BCUT2D eigenvalue weighted by molar-refractivity contribution is 7.12. The van der Waals surface area contributed by atoms with E-state index in [0.29, 0.717) is 0 Å². The van der Waals surface area contributed by atoms with E-state index in [1.807, 2.05) is 19.9 Å². The summed E-state index contributed by atoms with van der Waals surface area (Å²) in [6, 6.07) is 19.4. The highest BCUT2D eigenvalue weighted by Crippen LogP contribution is 2.29. The molecule has 23 heavy (non-hydrogen) atoms. The van der Waals surface area contributed by atoms with Crippen LogP contribution in [0.15, 0.2) is 54.6 Å². The Hall–Kier alpha value is -1.68. The summed E-state index contributed by atoms with van der Waals surface area (Å²) in [5, 5.41) is 16.2. The number of fused-ring (bicyclic) bond motifs is 1. The lowest BCUT2D eigenvalue weighted by Crippen LogP contribution is -2.17. The molecule has 3 rings (SSSR count). The molecule has 0 aliphatic heterocycles. The van der Waals surface area contributed by atoms with Gasteiger partial charge >= 0.3 is 0 Å². The monoisotopic (exact) mass is 325 g/mol.